The number of hydrogen-bond donors (Lipinski definition) is 1. The molecule has 0 amide bonds. The highest BCUT2D eigenvalue weighted by molar-refractivity contribution is 5.88. The summed E-state index contributed by atoms with van der Waals surface area (Å²) < 4.78 is 1.89. The van der Waals surface area contributed by atoms with Crippen LogP contribution in [0.1, 0.15) is 22.4 Å². The van der Waals surface area contributed by atoms with E-state index in [1.165, 1.54) is 38.9 Å². The topological polar surface area (TPSA) is 46.0 Å². The molecule has 0 saturated carbocycles. The standard InChI is InChI=1S/C15H16N4.C11H13N/c1-10-14(9-18-19(10)3)11-4-5-12-8-17-15(16-2)7-13(12)6-11;1-3-9-4-5-10-7-12(2)8-11(10)6-9/h4-9H,1-3H3,(H,16,17);3-6H,1,7-8H2,2H3. The largest absolute Gasteiger partial charge is 0.373 e. The first kappa shape index (κ1) is 20.8. The van der Waals surface area contributed by atoms with Gasteiger partial charge < -0.3 is 5.32 Å². The van der Waals surface area contributed by atoms with Crippen molar-refractivity contribution in [3.63, 3.8) is 0 Å². The average Bonchev–Trinajstić information content (AvgIpc) is 3.33. The zero-order valence-corrected chi connectivity index (χ0v) is 18.7. The van der Waals surface area contributed by atoms with Crippen molar-refractivity contribution in [1.29, 1.82) is 0 Å². The van der Waals surface area contributed by atoms with Gasteiger partial charge in [0.1, 0.15) is 5.82 Å². The molecule has 1 aliphatic heterocycles. The fourth-order valence-electron chi connectivity index (χ4n) is 3.94. The fraction of sp³-hybridized carbons (Fsp3) is 0.231. The van der Waals surface area contributed by atoms with E-state index in [-0.39, 0.29) is 0 Å². The van der Waals surface area contributed by atoms with E-state index in [0.29, 0.717) is 0 Å². The van der Waals surface area contributed by atoms with Gasteiger partial charge in [-0.3, -0.25) is 9.58 Å². The summed E-state index contributed by atoms with van der Waals surface area (Å²) in [7, 11) is 5.99. The van der Waals surface area contributed by atoms with E-state index >= 15 is 0 Å². The highest BCUT2D eigenvalue weighted by atomic mass is 15.3. The predicted octanol–water partition coefficient (Wildman–Crippen LogP) is 5.26. The summed E-state index contributed by atoms with van der Waals surface area (Å²) in [5, 5.41) is 9.69. The number of hydrogen-bond acceptors (Lipinski definition) is 4. The lowest BCUT2D eigenvalue weighted by Crippen LogP contribution is -2.07. The van der Waals surface area contributed by atoms with Crippen molar-refractivity contribution >= 4 is 22.7 Å². The van der Waals surface area contributed by atoms with Crippen LogP contribution in [0, 0.1) is 6.92 Å². The Bertz CT molecular complexity index is 1240. The lowest BCUT2D eigenvalue weighted by molar-refractivity contribution is 0.353. The summed E-state index contributed by atoms with van der Waals surface area (Å²) in [6.07, 6.45) is 5.70. The van der Waals surface area contributed by atoms with E-state index in [1.807, 2.05) is 37.2 Å². The van der Waals surface area contributed by atoms with Gasteiger partial charge in [-0.15, -0.1) is 0 Å². The van der Waals surface area contributed by atoms with Crippen molar-refractivity contribution < 1.29 is 0 Å². The molecule has 0 bridgehead atoms. The Kier molecular flexibility index (Phi) is 5.87. The van der Waals surface area contributed by atoms with Crippen molar-refractivity contribution in [2.45, 2.75) is 20.0 Å². The minimum atomic E-state index is 0.882. The second kappa shape index (κ2) is 8.74. The van der Waals surface area contributed by atoms with Gasteiger partial charge in [-0.2, -0.15) is 5.10 Å². The molecule has 0 unspecified atom stereocenters. The number of aromatic nitrogens is 3. The Morgan fingerprint density at radius 1 is 0.968 bits per heavy atom. The minimum Gasteiger partial charge on any atom is -0.373 e. The predicted molar refractivity (Wildman–Crippen MR) is 130 cm³/mol. The van der Waals surface area contributed by atoms with Gasteiger partial charge in [0, 0.05) is 50.0 Å². The van der Waals surface area contributed by atoms with Crippen LogP contribution in [0.3, 0.4) is 0 Å². The molecule has 158 valence electrons. The number of nitrogens with one attached hydrogen (secondary N) is 1. The second-order valence-electron chi connectivity index (χ2n) is 8.05. The van der Waals surface area contributed by atoms with Gasteiger partial charge >= 0.3 is 0 Å². The van der Waals surface area contributed by atoms with E-state index in [9.17, 15) is 0 Å². The van der Waals surface area contributed by atoms with Crippen molar-refractivity contribution in [2.75, 3.05) is 19.4 Å². The smallest absolute Gasteiger partial charge is 0.126 e. The third kappa shape index (κ3) is 4.37. The van der Waals surface area contributed by atoms with E-state index in [2.05, 4.69) is 83.3 Å². The lowest BCUT2D eigenvalue weighted by atomic mass is 10.0. The van der Waals surface area contributed by atoms with Crippen molar-refractivity contribution in [2.24, 2.45) is 7.05 Å². The molecule has 5 heteroatoms. The molecule has 0 radical (unpaired) electrons. The minimum absolute atomic E-state index is 0.882. The number of pyridine rings is 1. The third-order valence-corrected chi connectivity index (χ3v) is 5.87. The zero-order valence-electron chi connectivity index (χ0n) is 18.7. The maximum atomic E-state index is 4.32. The second-order valence-corrected chi connectivity index (χ2v) is 8.05. The quantitative estimate of drug-likeness (QED) is 0.499. The number of benzene rings is 2. The third-order valence-electron chi connectivity index (χ3n) is 5.87. The van der Waals surface area contributed by atoms with Crippen LogP contribution in [0.15, 0.2) is 61.4 Å². The van der Waals surface area contributed by atoms with E-state index in [4.69, 9.17) is 0 Å². The summed E-state index contributed by atoms with van der Waals surface area (Å²) >= 11 is 0. The maximum Gasteiger partial charge on any atom is 0.126 e. The van der Waals surface area contributed by atoms with Crippen molar-refractivity contribution in [1.82, 2.24) is 19.7 Å². The molecule has 2 aromatic carbocycles. The molecule has 0 saturated heterocycles. The fourth-order valence-corrected chi connectivity index (χ4v) is 3.94. The Hall–Kier alpha value is -3.44. The Balaban J connectivity index is 0.000000166. The molecule has 5 nitrogen and oxygen atoms in total. The number of nitrogens with zero attached hydrogens (tertiary/aromatic N) is 4. The monoisotopic (exact) mass is 411 g/mol. The Morgan fingerprint density at radius 2 is 1.77 bits per heavy atom. The summed E-state index contributed by atoms with van der Waals surface area (Å²) in [6, 6.07) is 15.0. The van der Waals surface area contributed by atoms with Gasteiger partial charge in [0.15, 0.2) is 0 Å². The number of rotatable bonds is 3. The van der Waals surface area contributed by atoms with Gasteiger partial charge in [-0.1, -0.05) is 43.0 Å². The highest BCUT2D eigenvalue weighted by Crippen LogP contribution is 2.27. The van der Waals surface area contributed by atoms with Crippen LogP contribution in [0.25, 0.3) is 28.0 Å². The summed E-state index contributed by atoms with van der Waals surface area (Å²) in [5.41, 5.74) is 7.67. The average molecular weight is 412 g/mol. The van der Waals surface area contributed by atoms with Crippen LogP contribution >= 0.6 is 0 Å². The molecule has 3 heterocycles. The van der Waals surface area contributed by atoms with Gasteiger partial charge in [-0.05, 0) is 53.7 Å². The molecule has 31 heavy (non-hydrogen) atoms. The molecule has 4 aromatic rings. The van der Waals surface area contributed by atoms with Gasteiger partial charge in [-0.25, -0.2) is 4.98 Å². The molecule has 2 aromatic heterocycles. The van der Waals surface area contributed by atoms with Gasteiger partial charge in [0.05, 0.1) is 6.20 Å². The summed E-state index contributed by atoms with van der Waals surface area (Å²) in [6.45, 7) is 8.01. The summed E-state index contributed by atoms with van der Waals surface area (Å²) in [4.78, 5) is 6.64. The van der Waals surface area contributed by atoms with Crippen LogP contribution in [-0.2, 0) is 20.1 Å². The molecule has 0 spiro atoms. The van der Waals surface area contributed by atoms with Crippen molar-refractivity contribution in [3.8, 4) is 11.1 Å². The Labute approximate surface area is 184 Å². The van der Waals surface area contributed by atoms with Gasteiger partial charge in [0.25, 0.3) is 0 Å². The first-order valence-electron chi connectivity index (χ1n) is 10.5. The van der Waals surface area contributed by atoms with Crippen LogP contribution in [0.5, 0.6) is 0 Å². The van der Waals surface area contributed by atoms with E-state index in [1.54, 1.807) is 0 Å². The first-order chi connectivity index (χ1) is 15.0. The first-order valence-corrected chi connectivity index (χ1v) is 10.5. The zero-order chi connectivity index (χ0) is 22.0. The molecule has 0 fully saturated rings. The van der Waals surface area contributed by atoms with Crippen LogP contribution < -0.4 is 5.32 Å². The molecule has 1 N–H and O–H groups in total. The SMILES string of the molecule is C=Cc1ccc2c(c1)CN(C)C2.CNc1cc2cc(-c3cnn(C)c3C)ccc2cn1. The highest BCUT2D eigenvalue weighted by Gasteiger charge is 2.14. The molecular formula is C26H29N5. The number of anilines is 1. The molecule has 1 aliphatic rings. The number of fused-ring (bicyclic) bond motifs is 2. The molecule has 0 atom stereocenters. The molecule has 0 aliphatic carbocycles. The van der Waals surface area contributed by atoms with Crippen molar-refractivity contribution in [3.05, 3.63) is 83.8 Å². The maximum absolute atomic E-state index is 4.32. The van der Waals surface area contributed by atoms with E-state index in [0.717, 1.165) is 24.3 Å². The molecule has 5 rings (SSSR count). The summed E-state index contributed by atoms with van der Waals surface area (Å²) in [5.74, 6) is 0.882. The van der Waals surface area contributed by atoms with E-state index < -0.39 is 0 Å². The van der Waals surface area contributed by atoms with Gasteiger partial charge in [0.2, 0.25) is 0 Å². The van der Waals surface area contributed by atoms with Crippen LogP contribution in [0.2, 0.25) is 0 Å². The van der Waals surface area contributed by atoms with Crippen LogP contribution in [0.4, 0.5) is 5.82 Å². The Morgan fingerprint density at radius 3 is 2.48 bits per heavy atom. The normalized spacial score (nSPS) is 12.9. The lowest BCUT2D eigenvalue weighted by Gasteiger charge is -2.05. The molecular weight excluding hydrogens is 382 g/mol. The van der Waals surface area contributed by atoms with Crippen LogP contribution in [-0.4, -0.2) is 33.8 Å². The number of aryl methyl sites for hydroxylation is 1.